The van der Waals surface area contributed by atoms with Crippen LogP contribution in [0.25, 0.3) is 5.69 Å². The van der Waals surface area contributed by atoms with E-state index in [1.54, 1.807) is 24.3 Å². The molecule has 0 spiro atoms. The van der Waals surface area contributed by atoms with Crippen LogP contribution in [-0.2, 0) is 4.74 Å². The Hall–Kier alpha value is -2.41. The molecule has 112 valence electrons. The van der Waals surface area contributed by atoms with Gasteiger partial charge in [0.25, 0.3) is 0 Å². The maximum Gasteiger partial charge on any atom is 0.319 e. The van der Waals surface area contributed by atoms with Crippen LogP contribution in [0.4, 0.5) is 10.5 Å². The summed E-state index contributed by atoms with van der Waals surface area (Å²) in [5, 5.41) is 13.2. The Morgan fingerprint density at radius 1 is 1.38 bits per heavy atom. The first kappa shape index (κ1) is 15.0. The Balaban J connectivity index is 1.99. The summed E-state index contributed by atoms with van der Waals surface area (Å²) in [6.07, 6.45) is 4.01. The molecular weight excluding hydrogens is 270 g/mol. The number of benzene rings is 1. The summed E-state index contributed by atoms with van der Waals surface area (Å²) in [5.41, 5.74) is 1.58. The molecule has 2 rings (SSSR count). The average Bonchev–Trinajstić information content (AvgIpc) is 3.01. The van der Waals surface area contributed by atoms with Crippen molar-refractivity contribution in [1.29, 1.82) is 0 Å². The maximum atomic E-state index is 11.9. The SMILES string of the molecule is CC[C@@H](COC)NC(=O)Nc1cccc(-n2cnnc2)c1. The highest BCUT2D eigenvalue weighted by atomic mass is 16.5. The van der Waals surface area contributed by atoms with E-state index in [2.05, 4.69) is 20.8 Å². The van der Waals surface area contributed by atoms with Crippen LogP contribution in [0.2, 0.25) is 0 Å². The molecule has 0 aliphatic carbocycles. The maximum absolute atomic E-state index is 11.9. The Morgan fingerprint density at radius 3 is 2.81 bits per heavy atom. The van der Waals surface area contributed by atoms with Crippen molar-refractivity contribution in [2.24, 2.45) is 0 Å². The summed E-state index contributed by atoms with van der Waals surface area (Å²) < 4.78 is 6.82. The molecule has 0 bridgehead atoms. The van der Waals surface area contributed by atoms with Crippen molar-refractivity contribution in [3.8, 4) is 5.69 Å². The summed E-state index contributed by atoms with van der Waals surface area (Å²) in [5.74, 6) is 0. The lowest BCUT2D eigenvalue weighted by Gasteiger charge is -2.16. The van der Waals surface area contributed by atoms with Gasteiger partial charge >= 0.3 is 6.03 Å². The molecule has 1 aromatic heterocycles. The molecule has 7 nitrogen and oxygen atoms in total. The number of aromatic nitrogens is 3. The predicted octanol–water partition coefficient (Wildman–Crippen LogP) is 1.81. The molecule has 0 aliphatic heterocycles. The number of amides is 2. The van der Waals surface area contributed by atoms with E-state index >= 15 is 0 Å². The van der Waals surface area contributed by atoms with Crippen molar-refractivity contribution in [2.45, 2.75) is 19.4 Å². The number of rotatable bonds is 6. The first-order valence-corrected chi connectivity index (χ1v) is 6.74. The van der Waals surface area contributed by atoms with Crippen LogP contribution >= 0.6 is 0 Å². The van der Waals surface area contributed by atoms with Crippen molar-refractivity contribution in [3.05, 3.63) is 36.9 Å². The van der Waals surface area contributed by atoms with Gasteiger partial charge in [-0.1, -0.05) is 13.0 Å². The number of anilines is 1. The van der Waals surface area contributed by atoms with Crippen molar-refractivity contribution >= 4 is 11.7 Å². The largest absolute Gasteiger partial charge is 0.383 e. The monoisotopic (exact) mass is 289 g/mol. The minimum atomic E-state index is -0.250. The number of hydrogen-bond acceptors (Lipinski definition) is 4. The number of ether oxygens (including phenoxy) is 1. The first-order valence-electron chi connectivity index (χ1n) is 6.74. The van der Waals surface area contributed by atoms with Crippen molar-refractivity contribution in [2.75, 3.05) is 19.0 Å². The van der Waals surface area contributed by atoms with Crippen LogP contribution in [0, 0.1) is 0 Å². The zero-order valence-electron chi connectivity index (χ0n) is 12.1. The Morgan fingerprint density at radius 2 is 2.14 bits per heavy atom. The molecule has 1 heterocycles. The van der Waals surface area contributed by atoms with Crippen LogP contribution in [0.15, 0.2) is 36.9 Å². The molecule has 2 amide bonds. The average molecular weight is 289 g/mol. The van der Waals surface area contributed by atoms with Crippen molar-refractivity contribution in [3.63, 3.8) is 0 Å². The fraction of sp³-hybridized carbons (Fsp3) is 0.357. The molecular formula is C14H19N5O2. The van der Waals surface area contributed by atoms with Crippen LogP contribution in [0.5, 0.6) is 0 Å². The molecule has 1 aromatic carbocycles. The van der Waals surface area contributed by atoms with Gasteiger partial charge in [0, 0.05) is 12.8 Å². The van der Waals surface area contributed by atoms with Gasteiger partial charge in [0.1, 0.15) is 12.7 Å². The predicted molar refractivity (Wildman–Crippen MR) is 79.5 cm³/mol. The third kappa shape index (κ3) is 4.28. The second-order valence-corrected chi connectivity index (χ2v) is 4.58. The van der Waals surface area contributed by atoms with Crippen LogP contribution in [-0.4, -0.2) is 40.6 Å². The first-order chi connectivity index (χ1) is 10.2. The van der Waals surface area contributed by atoms with Gasteiger partial charge in [-0.15, -0.1) is 10.2 Å². The van der Waals surface area contributed by atoms with Crippen LogP contribution in [0.3, 0.4) is 0 Å². The van der Waals surface area contributed by atoms with E-state index in [4.69, 9.17) is 4.74 Å². The van der Waals surface area contributed by atoms with E-state index in [0.717, 1.165) is 12.1 Å². The van der Waals surface area contributed by atoms with E-state index < -0.39 is 0 Å². The number of urea groups is 1. The minimum Gasteiger partial charge on any atom is -0.383 e. The molecule has 7 heteroatoms. The fourth-order valence-electron chi connectivity index (χ4n) is 1.89. The molecule has 0 unspecified atom stereocenters. The molecule has 0 radical (unpaired) electrons. The Bertz CT molecular complexity index is 571. The smallest absolute Gasteiger partial charge is 0.319 e. The topological polar surface area (TPSA) is 81.1 Å². The molecule has 2 aromatic rings. The zero-order valence-corrected chi connectivity index (χ0v) is 12.1. The van der Waals surface area contributed by atoms with Gasteiger partial charge in [-0.2, -0.15) is 0 Å². The summed E-state index contributed by atoms with van der Waals surface area (Å²) in [6, 6.07) is 7.19. The quantitative estimate of drug-likeness (QED) is 0.850. The number of carbonyl (C=O) groups is 1. The molecule has 0 saturated carbocycles. The molecule has 1 atom stereocenters. The summed E-state index contributed by atoms with van der Waals surface area (Å²) >= 11 is 0. The van der Waals surface area contributed by atoms with Gasteiger partial charge in [0.15, 0.2) is 0 Å². The number of hydrogen-bond donors (Lipinski definition) is 2. The van der Waals surface area contributed by atoms with Crippen LogP contribution < -0.4 is 10.6 Å². The van der Waals surface area contributed by atoms with Gasteiger partial charge in [0.2, 0.25) is 0 Å². The van der Waals surface area contributed by atoms with E-state index in [9.17, 15) is 4.79 Å². The lowest BCUT2D eigenvalue weighted by molar-refractivity contribution is 0.165. The van der Waals surface area contributed by atoms with E-state index in [1.165, 1.54) is 0 Å². The lowest BCUT2D eigenvalue weighted by Crippen LogP contribution is -2.40. The summed E-state index contributed by atoms with van der Waals surface area (Å²) in [6.45, 7) is 2.49. The number of nitrogens with one attached hydrogen (secondary N) is 2. The van der Waals surface area contributed by atoms with Gasteiger partial charge < -0.3 is 15.4 Å². The molecule has 0 aliphatic rings. The fourth-order valence-corrected chi connectivity index (χ4v) is 1.89. The standard InChI is InChI=1S/C14H19N5O2/c1-3-11(8-21-2)17-14(20)18-12-5-4-6-13(7-12)19-9-15-16-10-19/h4-7,9-11H,3,8H2,1-2H3,(H2,17,18,20)/t11-/m0/s1. The van der Waals surface area contributed by atoms with Gasteiger partial charge in [-0.05, 0) is 24.6 Å². The van der Waals surface area contributed by atoms with E-state index in [1.807, 2.05) is 31.2 Å². The van der Waals surface area contributed by atoms with E-state index in [0.29, 0.717) is 12.3 Å². The minimum absolute atomic E-state index is 0.00367. The van der Waals surface area contributed by atoms with Crippen molar-refractivity contribution in [1.82, 2.24) is 20.1 Å². The van der Waals surface area contributed by atoms with Gasteiger partial charge in [-0.3, -0.25) is 4.57 Å². The van der Waals surface area contributed by atoms with Crippen molar-refractivity contribution < 1.29 is 9.53 Å². The normalized spacial score (nSPS) is 11.9. The lowest BCUT2D eigenvalue weighted by atomic mass is 10.2. The molecule has 2 N–H and O–H groups in total. The summed E-state index contributed by atoms with van der Waals surface area (Å²) in [4.78, 5) is 11.9. The Kier molecular flexibility index (Phi) is 5.28. The highest BCUT2D eigenvalue weighted by molar-refractivity contribution is 5.89. The number of carbonyl (C=O) groups excluding carboxylic acids is 1. The van der Waals surface area contributed by atoms with E-state index in [-0.39, 0.29) is 12.1 Å². The molecule has 21 heavy (non-hydrogen) atoms. The molecule has 0 saturated heterocycles. The second kappa shape index (κ2) is 7.39. The summed E-state index contributed by atoms with van der Waals surface area (Å²) in [7, 11) is 1.62. The highest BCUT2D eigenvalue weighted by Gasteiger charge is 2.10. The van der Waals surface area contributed by atoms with Crippen LogP contribution in [0.1, 0.15) is 13.3 Å². The van der Waals surface area contributed by atoms with Gasteiger partial charge in [-0.25, -0.2) is 4.79 Å². The third-order valence-corrected chi connectivity index (χ3v) is 3.02. The number of nitrogens with zero attached hydrogens (tertiary/aromatic N) is 3. The number of methoxy groups -OCH3 is 1. The Labute approximate surface area is 123 Å². The highest BCUT2D eigenvalue weighted by Crippen LogP contribution is 2.13. The van der Waals surface area contributed by atoms with Gasteiger partial charge in [0.05, 0.1) is 18.3 Å². The molecule has 0 fully saturated rings. The zero-order chi connectivity index (χ0) is 15.1. The third-order valence-electron chi connectivity index (χ3n) is 3.02. The second-order valence-electron chi connectivity index (χ2n) is 4.58.